The fraction of sp³-hybridized carbons (Fsp3) is 0.647. The van der Waals surface area contributed by atoms with E-state index in [4.69, 9.17) is 0 Å². The lowest BCUT2D eigenvalue weighted by Crippen LogP contribution is -2.49. The quantitative estimate of drug-likeness (QED) is 0.843. The van der Waals surface area contributed by atoms with Crippen LogP contribution in [0.3, 0.4) is 0 Å². The second-order valence-corrected chi connectivity index (χ2v) is 6.54. The van der Waals surface area contributed by atoms with Crippen LogP contribution in [0.2, 0.25) is 0 Å². The first kappa shape index (κ1) is 14.9. The molecule has 0 radical (unpaired) electrons. The standard InChI is InChI=1S/C17H26FN3/c1-14-15(4-3-5-17(14)18)12-20-7-6-16(13-20)21-10-8-19(2)9-11-21/h3-5,16H,6-13H2,1-2H3/t16-/m1/s1. The maximum Gasteiger partial charge on any atom is 0.126 e. The van der Waals surface area contributed by atoms with E-state index in [-0.39, 0.29) is 5.82 Å². The van der Waals surface area contributed by atoms with Gasteiger partial charge in [0.05, 0.1) is 0 Å². The maximum atomic E-state index is 13.6. The van der Waals surface area contributed by atoms with Gasteiger partial charge in [-0.3, -0.25) is 9.80 Å². The van der Waals surface area contributed by atoms with Crippen molar-refractivity contribution in [2.24, 2.45) is 0 Å². The summed E-state index contributed by atoms with van der Waals surface area (Å²) >= 11 is 0. The van der Waals surface area contributed by atoms with Crippen molar-refractivity contribution >= 4 is 0 Å². The van der Waals surface area contributed by atoms with Gasteiger partial charge in [-0.15, -0.1) is 0 Å². The third kappa shape index (κ3) is 3.44. The lowest BCUT2D eigenvalue weighted by atomic mass is 10.1. The van der Waals surface area contributed by atoms with E-state index in [1.165, 1.54) is 32.6 Å². The molecule has 0 bridgehead atoms. The molecule has 0 unspecified atom stereocenters. The van der Waals surface area contributed by atoms with Gasteiger partial charge in [-0.25, -0.2) is 4.39 Å². The molecule has 0 amide bonds. The van der Waals surface area contributed by atoms with Gasteiger partial charge in [0.1, 0.15) is 5.82 Å². The van der Waals surface area contributed by atoms with Gasteiger partial charge in [0.15, 0.2) is 0 Å². The zero-order chi connectivity index (χ0) is 14.8. The molecule has 3 rings (SSSR count). The SMILES string of the molecule is Cc1c(F)cccc1CN1CC[C@@H](N2CCN(C)CC2)C1. The Kier molecular flexibility index (Phi) is 4.57. The molecule has 0 N–H and O–H groups in total. The van der Waals surface area contributed by atoms with Gasteiger partial charge in [-0.1, -0.05) is 12.1 Å². The summed E-state index contributed by atoms with van der Waals surface area (Å²) in [5.74, 6) is -0.0812. The van der Waals surface area contributed by atoms with E-state index in [1.807, 2.05) is 13.0 Å². The molecule has 0 aromatic heterocycles. The first-order valence-corrected chi connectivity index (χ1v) is 8.02. The number of benzene rings is 1. The topological polar surface area (TPSA) is 9.72 Å². The lowest BCUT2D eigenvalue weighted by molar-refractivity contribution is 0.112. The normalized spacial score (nSPS) is 25.6. The number of likely N-dealkylation sites (N-methyl/N-ethyl adjacent to an activating group) is 1. The summed E-state index contributed by atoms with van der Waals surface area (Å²) in [6.45, 7) is 9.76. The average molecular weight is 291 g/mol. The monoisotopic (exact) mass is 291 g/mol. The molecule has 116 valence electrons. The number of likely N-dealkylation sites (tertiary alicyclic amines) is 1. The fourth-order valence-electron chi connectivity index (χ4n) is 3.51. The first-order chi connectivity index (χ1) is 10.1. The zero-order valence-corrected chi connectivity index (χ0v) is 13.2. The van der Waals surface area contributed by atoms with E-state index in [0.29, 0.717) is 6.04 Å². The van der Waals surface area contributed by atoms with E-state index in [0.717, 1.165) is 30.8 Å². The van der Waals surface area contributed by atoms with Crippen molar-refractivity contribution in [1.82, 2.24) is 14.7 Å². The minimum atomic E-state index is -0.0812. The van der Waals surface area contributed by atoms with E-state index in [1.54, 1.807) is 6.07 Å². The predicted octanol–water partition coefficient (Wildman–Crippen LogP) is 1.96. The molecule has 0 spiro atoms. The van der Waals surface area contributed by atoms with Crippen LogP contribution < -0.4 is 0 Å². The Labute approximate surface area is 127 Å². The van der Waals surface area contributed by atoms with Gasteiger partial charge in [-0.2, -0.15) is 0 Å². The van der Waals surface area contributed by atoms with Crippen molar-refractivity contribution in [3.63, 3.8) is 0 Å². The van der Waals surface area contributed by atoms with Gasteiger partial charge in [-0.05, 0) is 37.6 Å². The molecule has 2 heterocycles. The Hall–Kier alpha value is -0.970. The fourth-order valence-corrected chi connectivity index (χ4v) is 3.51. The second kappa shape index (κ2) is 6.42. The molecular formula is C17H26FN3. The summed E-state index contributed by atoms with van der Waals surface area (Å²) in [6, 6.07) is 6.12. The summed E-state index contributed by atoms with van der Waals surface area (Å²) in [5.41, 5.74) is 1.94. The second-order valence-electron chi connectivity index (χ2n) is 6.54. The third-order valence-corrected chi connectivity index (χ3v) is 5.08. The Balaban J connectivity index is 1.56. The number of halogens is 1. The predicted molar refractivity (Wildman–Crippen MR) is 83.9 cm³/mol. The van der Waals surface area contributed by atoms with Crippen LogP contribution in [-0.2, 0) is 6.54 Å². The molecule has 4 heteroatoms. The van der Waals surface area contributed by atoms with E-state index >= 15 is 0 Å². The van der Waals surface area contributed by atoms with Crippen molar-refractivity contribution in [3.8, 4) is 0 Å². The summed E-state index contributed by atoms with van der Waals surface area (Å²) in [4.78, 5) is 7.52. The van der Waals surface area contributed by atoms with Crippen molar-refractivity contribution in [1.29, 1.82) is 0 Å². The average Bonchev–Trinajstić information content (AvgIpc) is 2.93. The molecule has 21 heavy (non-hydrogen) atoms. The van der Waals surface area contributed by atoms with Gasteiger partial charge >= 0.3 is 0 Å². The van der Waals surface area contributed by atoms with Crippen LogP contribution in [0.15, 0.2) is 18.2 Å². The number of piperazine rings is 1. The Morgan fingerprint density at radius 2 is 1.90 bits per heavy atom. The zero-order valence-electron chi connectivity index (χ0n) is 13.2. The molecule has 3 nitrogen and oxygen atoms in total. The summed E-state index contributed by atoms with van der Waals surface area (Å²) in [5, 5.41) is 0. The van der Waals surface area contributed by atoms with Crippen LogP contribution in [0.4, 0.5) is 4.39 Å². The van der Waals surface area contributed by atoms with Gasteiger partial charge in [0.25, 0.3) is 0 Å². The van der Waals surface area contributed by atoms with Crippen molar-refractivity contribution < 1.29 is 4.39 Å². The molecule has 2 saturated heterocycles. The molecule has 1 aromatic rings. The number of hydrogen-bond donors (Lipinski definition) is 0. The minimum absolute atomic E-state index is 0.0812. The van der Waals surface area contributed by atoms with Crippen LogP contribution in [0.25, 0.3) is 0 Å². The highest BCUT2D eigenvalue weighted by Crippen LogP contribution is 2.21. The molecule has 2 fully saturated rings. The molecule has 0 aliphatic carbocycles. The maximum absolute atomic E-state index is 13.6. The smallest absolute Gasteiger partial charge is 0.126 e. The lowest BCUT2D eigenvalue weighted by Gasteiger charge is -2.36. The van der Waals surface area contributed by atoms with Crippen molar-refractivity contribution in [2.75, 3.05) is 46.3 Å². The van der Waals surface area contributed by atoms with Crippen LogP contribution in [0, 0.1) is 12.7 Å². The van der Waals surface area contributed by atoms with Crippen molar-refractivity contribution in [3.05, 3.63) is 35.1 Å². The minimum Gasteiger partial charge on any atom is -0.304 e. The first-order valence-electron chi connectivity index (χ1n) is 8.02. The summed E-state index contributed by atoms with van der Waals surface area (Å²) < 4.78 is 13.6. The molecule has 0 saturated carbocycles. The Bertz CT molecular complexity index is 483. The van der Waals surface area contributed by atoms with E-state index < -0.39 is 0 Å². The molecular weight excluding hydrogens is 265 g/mol. The van der Waals surface area contributed by atoms with Crippen LogP contribution in [0.5, 0.6) is 0 Å². The number of nitrogens with zero attached hydrogens (tertiary/aromatic N) is 3. The van der Waals surface area contributed by atoms with Crippen LogP contribution >= 0.6 is 0 Å². The molecule has 2 aliphatic rings. The van der Waals surface area contributed by atoms with Gasteiger partial charge in [0, 0.05) is 51.9 Å². The highest BCUT2D eigenvalue weighted by Gasteiger charge is 2.29. The molecule has 1 aromatic carbocycles. The Morgan fingerprint density at radius 3 is 2.67 bits per heavy atom. The van der Waals surface area contributed by atoms with E-state index in [9.17, 15) is 4.39 Å². The Morgan fingerprint density at radius 1 is 1.14 bits per heavy atom. The highest BCUT2D eigenvalue weighted by atomic mass is 19.1. The highest BCUT2D eigenvalue weighted by molar-refractivity contribution is 5.27. The van der Waals surface area contributed by atoms with Crippen molar-refractivity contribution in [2.45, 2.75) is 25.9 Å². The van der Waals surface area contributed by atoms with Gasteiger partial charge in [0.2, 0.25) is 0 Å². The molecule has 2 aliphatic heterocycles. The number of rotatable bonds is 3. The van der Waals surface area contributed by atoms with Gasteiger partial charge < -0.3 is 4.90 Å². The van der Waals surface area contributed by atoms with Crippen LogP contribution in [0.1, 0.15) is 17.5 Å². The number of hydrogen-bond acceptors (Lipinski definition) is 3. The molecule has 1 atom stereocenters. The van der Waals surface area contributed by atoms with Crippen LogP contribution in [-0.4, -0.2) is 67.1 Å². The largest absolute Gasteiger partial charge is 0.304 e. The van der Waals surface area contributed by atoms with E-state index in [2.05, 4.69) is 27.8 Å². The third-order valence-electron chi connectivity index (χ3n) is 5.08. The summed E-state index contributed by atoms with van der Waals surface area (Å²) in [7, 11) is 2.20. The summed E-state index contributed by atoms with van der Waals surface area (Å²) in [6.07, 6.45) is 1.25.